The second-order valence-corrected chi connectivity index (χ2v) is 11.4. The van der Waals surface area contributed by atoms with Crippen LogP contribution in [-0.4, -0.2) is 9.97 Å². The summed E-state index contributed by atoms with van der Waals surface area (Å²) in [5.74, 6) is 0.675. The molecule has 3 nitrogen and oxygen atoms in total. The Hall–Kier alpha value is -6.06. The molecule has 0 radical (unpaired) electrons. The first kappa shape index (κ1) is 25.4. The number of fused-ring (bicyclic) bond motifs is 6. The maximum Gasteiger partial charge on any atom is 0.160 e. The lowest BCUT2D eigenvalue weighted by Gasteiger charge is -2.11. The van der Waals surface area contributed by atoms with Crippen LogP contribution in [0, 0.1) is 0 Å². The predicted molar refractivity (Wildman–Crippen MR) is 186 cm³/mol. The Morgan fingerprint density at radius 1 is 0.378 bits per heavy atom. The lowest BCUT2D eigenvalue weighted by Crippen LogP contribution is -1.95. The summed E-state index contributed by atoms with van der Waals surface area (Å²) in [5, 5.41) is 5.51. The van der Waals surface area contributed by atoms with Crippen molar-refractivity contribution < 1.29 is 4.42 Å². The third-order valence-corrected chi connectivity index (χ3v) is 8.69. The molecule has 0 saturated carbocycles. The lowest BCUT2D eigenvalue weighted by molar-refractivity contribution is 0.673. The summed E-state index contributed by atoms with van der Waals surface area (Å²) in [7, 11) is 0. The first-order valence-corrected chi connectivity index (χ1v) is 15.2. The second-order valence-electron chi connectivity index (χ2n) is 11.4. The van der Waals surface area contributed by atoms with Gasteiger partial charge in [-0.3, -0.25) is 0 Å². The van der Waals surface area contributed by atoms with Crippen molar-refractivity contribution in [1.82, 2.24) is 9.97 Å². The van der Waals surface area contributed by atoms with Gasteiger partial charge in [-0.05, 0) is 58.0 Å². The first-order chi connectivity index (χ1) is 22.3. The van der Waals surface area contributed by atoms with Gasteiger partial charge >= 0.3 is 0 Å². The Morgan fingerprint density at radius 2 is 1.02 bits per heavy atom. The fourth-order valence-electron chi connectivity index (χ4n) is 6.40. The van der Waals surface area contributed by atoms with E-state index in [4.69, 9.17) is 14.4 Å². The van der Waals surface area contributed by atoms with Gasteiger partial charge in [0.15, 0.2) is 5.82 Å². The highest BCUT2D eigenvalue weighted by Crippen LogP contribution is 2.37. The quantitative estimate of drug-likeness (QED) is 0.210. The van der Waals surface area contributed by atoms with Gasteiger partial charge in [0.25, 0.3) is 0 Å². The molecule has 2 aromatic heterocycles. The van der Waals surface area contributed by atoms with Crippen molar-refractivity contribution in [1.29, 1.82) is 0 Å². The zero-order chi connectivity index (χ0) is 29.7. The summed E-state index contributed by atoms with van der Waals surface area (Å²) < 4.78 is 6.48. The molecule has 0 bridgehead atoms. The average Bonchev–Trinajstić information content (AvgIpc) is 3.50. The molecule has 2 heterocycles. The highest BCUT2D eigenvalue weighted by molar-refractivity contribution is 6.15. The van der Waals surface area contributed by atoms with E-state index in [1.54, 1.807) is 0 Å². The van der Waals surface area contributed by atoms with E-state index < -0.39 is 0 Å². The number of rotatable bonds is 4. The molecule has 0 aliphatic rings. The molecule has 0 fully saturated rings. The van der Waals surface area contributed by atoms with E-state index in [9.17, 15) is 0 Å². The maximum atomic E-state index is 6.48. The van der Waals surface area contributed by atoms with Crippen LogP contribution in [0.2, 0.25) is 0 Å². The third kappa shape index (κ3) is 4.37. The number of furan rings is 1. The van der Waals surface area contributed by atoms with Crippen molar-refractivity contribution in [2.45, 2.75) is 0 Å². The molecule has 7 aromatic carbocycles. The van der Waals surface area contributed by atoms with Crippen LogP contribution >= 0.6 is 0 Å². The minimum atomic E-state index is 0.675. The maximum absolute atomic E-state index is 6.48. The molecule has 45 heavy (non-hydrogen) atoms. The highest BCUT2D eigenvalue weighted by Gasteiger charge is 2.15. The summed E-state index contributed by atoms with van der Waals surface area (Å²) in [6.45, 7) is 0. The van der Waals surface area contributed by atoms with Crippen molar-refractivity contribution >= 4 is 43.6 Å². The first-order valence-electron chi connectivity index (χ1n) is 15.2. The molecule has 0 unspecified atom stereocenters. The molecule has 9 rings (SSSR count). The number of benzene rings is 7. The number of hydrogen-bond acceptors (Lipinski definition) is 3. The third-order valence-electron chi connectivity index (χ3n) is 8.69. The van der Waals surface area contributed by atoms with E-state index >= 15 is 0 Å². The van der Waals surface area contributed by atoms with Gasteiger partial charge in [-0.2, -0.15) is 0 Å². The number of hydrogen-bond donors (Lipinski definition) is 0. The molecule has 210 valence electrons. The van der Waals surface area contributed by atoms with Crippen molar-refractivity contribution in [2.24, 2.45) is 0 Å². The van der Waals surface area contributed by atoms with Gasteiger partial charge < -0.3 is 4.42 Å². The van der Waals surface area contributed by atoms with Gasteiger partial charge in [-0.1, -0.05) is 127 Å². The zero-order valence-corrected chi connectivity index (χ0v) is 24.3. The van der Waals surface area contributed by atoms with E-state index in [0.717, 1.165) is 66.2 Å². The molecular weight excluding hydrogens is 548 g/mol. The fraction of sp³-hybridized carbons (Fsp3) is 0. The standard InChI is InChI=1S/C42H26N2O/c1-2-9-27(10-3-1)28-17-19-29(20-18-28)31-12-8-13-32(25-31)40-37-15-6-7-16-38(37)43-42(44-40)33-22-23-35-36-24-21-30-11-4-5-14-34(30)41(36)45-39(35)26-33/h1-26H. The number of nitrogens with zero attached hydrogens (tertiary/aromatic N) is 2. The van der Waals surface area contributed by atoms with Crippen LogP contribution < -0.4 is 0 Å². The minimum absolute atomic E-state index is 0.675. The van der Waals surface area contributed by atoms with Crippen LogP contribution in [0.1, 0.15) is 0 Å². The molecule has 0 amide bonds. The molecule has 0 aliphatic heterocycles. The largest absolute Gasteiger partial charge is 0.455 e. The van der Waals surface area contributed by atoms with Crippen LogP contribution in [0.5, 0.6) is 0 Å². The molecule has 0 spiro atoms. The van der Waals surface area contributed by atoms with Crippen molar-refractivity contribution in [2.75, 3.05) is 0 Å². The van der Waals surface area contributed by atoms with Gasteiger partial charge in [0.2, 0.25) is 0 Å². The molecule has 0 saturated heterocycles. The molecule has 0 N–H and O–H groups in total. The van der Waals surface area contributed by atoms with E-state index in [0.29, 0.717) is 5.82 Å². The van der Waals surface area contributed by atoms with E-state index in [2.05, 4.69) is 140 Å². The minimum Gasteiger partial charge on any atom is -0.455 e. The molecule has 0 atom stereocenters. The Morgan fingerprint density at radius 3 is 1.89 bits per heavy atom. The van der Waals surface area contributed by atoms with Crippen molar-refractivity contribution in [3.05, 3.63) is 158 Å². The monoisotopic (exact) mass is 574 g/mol. The van der Waals surface area contributed by atoms with Gasteiger partial charge in [0, 0.05) is 32.7 Å². The van der Waals surface area contributed by atoms with Gasteiger partial charge in [0.1, 0.15) is 11.2 Å². The van der Waals surface area contributed by atoms with Crippen molar-refractivity contribution in [3.63, 3.8) is 0 Å². The number of aromatic nitrogens is 2. The number of para-hydroxylation sites is 1. The van der Waals surface area contributed by atoms with Gasteiger partial charge in [-0.15, -0.1) is 0 Å². The van der Waals surface area contributed by atoms with Crippen LogP contribution in [0.4, 0.5) is 0 Å². The van der Waals surface area contributed by atoms with Crippen LogP contribution in [0.3, 0.4) is 0 Å². The van der Waals surface area contributed by atoms with Crippen LogP contribution in [0.15, 0.2) is 162 Å². The van der Waals surface area contributed by atoms with Crippen LogP contribution in [0.25, 0.3) is 88.5 Å². The van der Waals surface area contributed by atoms with Crippen molar-refractivity contribution in [3.8, 4) is 44.9 Å². The van der Waals surface area contributed by atoms with E-state index in [-0.39, 0.29) is 0 Å². The van der Waals surface area contributed by atoms with E-state index in [1.165, 1.54) is 16.5 Å². The van der Waals surface area contributed by atoms with Crippen LogP contribution in [-0.2, 0) is 0 Å². The predicted octanol–water partition coefficient (Wildman–Crippen LogP) is 11.4. The summed E-state index contributed by atoms with van der Waals surface area (Å²) in [4.78, 5) is 10.2. The Kier molecular flexibility index (Phi) is 5.82. The molecule has 9 aromatic rings. The van der Waals surface area contributed by atoms with E-state index in [1.807, 2.05) is 18.2 Å². The smallest absolute Gasteiger partial charge is 0.160 e. The molecule has 3 heteroatoms. The molecule has 0 aliphatic carbocycles. The molecular formula is C42H26N2O. The Balaban J connectivity index is 1.15. The van der Waals surface area contributed by atoms with Gasteiger partial charge in [0.05, 0.1) is 11.2 Å². The zero-order valence-electron chi connectivity index (χ0n) is 24.3. The summed E-state index contributed by atoms with van der Waals surface area (Å²) in [6, 6.07) is 55.0. The summed E-state index contributed by atoms with van der Waals surface area (Å²) in [5.41, 5.74) is 10.3. The summed E-state index contributed by atoms with van der Waals surface area (Å²) >= 11 is 0. The fourth-order valence-corrected chi connectivity index (χ4v) is 6.40. The normalized spacial score (nSPS) is 11.6. The Labute approximate surface area is 260 Å². The topological polar surface area (TPSA) is 38.9 Å². The Bertz CT molecular complexity index is 2530. The lowest BCUT2D eigenvalue weighted by atomic mass is 9.97. The average molecular weight is 575 g/mol. The second kappa shape index (κ2) is 10.3. The highest BCUT2D eigenvalue weighted by atomic mass is 16.3. The van der Waals surface area contributed by atoms with Gasteiger partial charge in [-0.25, -0.2) is 9.97 Å². The summed E-state index contributed by atoms with van der Waals surface area (Å²) in [6.07, 6.45) is 0. The SMILES string of the molecule is c1ccc(-c2ccc(-c3cccc(-c4nc(-c5ccc6c(c5)oc5c7ccccc7ccc65)nc5ccccc45)c3)cc2)cc1.